The highest BCUT2D eigenvalue weighted by Gasteiger charge is 2.08. The van der Waals surface area contributed by atoms with Crippen LogP contribution in [-0.2, 0) is 20.7 Å². The highest BCUT2D eigenvalue weighted by atomic mass is 127. The summed E-state index contributed by atoms with van der Waals surface area (Å²) >= 11 is 3.75. The maximum absolute atomic E-state index is 11.7. The van der Waals surface area contributed by atoms with E-state index in [0.29, 0.717) is 13.2 Å². The Morgan fingerprint density at radius 3 is 3.00 bits per heavy atom. The third-order valence-corrected chi connectivity index (χ3v) is 5.50. The van der Waals surface area contributed by atoms with Crippen molar-refractivity contribution in [3.63, 3.8) is 0 Å². The summed E-state index contributed by atoms with van der Waals surface area (Å²) in [6.07, 6.45) is 3.55. The van der Waals surface area contributed by atoms with Gasteiger partial charge in [-0.15, -0.1) is 0 Å². The molecular weight excluding hydrogens is 445 g/mol. The molecule has 1 radical (unpaired) electrons. The number of esters is 1. The fourth-order valence-corrected chi connectivity index (χ4v) is 3.83. The van der Waals surface area contributed by atoms with Crippen LogP contribution in [0.4, 0.5) is 0 Å². The smallest absolute Gasteiger partial charge is 0.316 e. The van der Waals surface area contributed by atoms with Crippen LogP contribution in [-0.4, -0.2) is 54.8 Å². The van der Waals surface area contributed by atoms with Gasteiger partial charge in [-0.25, -0.2) is 4.98 Å². The molecule has 8 heteroatoms. The molecule has 0 aliphatic rings. The number of aryl methyl sites for hydroxylation is 1. The first-order valence-electron chi connectivity index (χ1n) is 7.51. The Bertz CT molecular complexity index is 465. The molecule has 129 valence electrons. The fourth-order valence-electron chi connectivity index (χ4n) is 1.76. The Morgan fingerprint density at radius 1 is 1.43 bits per heavy atom. The molecule has 0 aromatic carbocycles. The molecule has 1 heterocycles. The quantitative estimate of drug-likeness (QED) is 0.127. The lowest BCUT2D eigenvalue weighted by Crippen LogP contribution is -2.13. The summed E-state index contributed by atoms with van der Waals surface area (Å²) in [4.78, 5) is 25.2. The normalized spacial score (nSPS) is 11.0. The van der Waals surface area contributed by atoms with E-state index >= 15 is 0 Å². The molecule has 0 amide bonds. The first-order chi connectivity index (χ1) is 11.1. The maximum atomic E-state index is 11.7. The lowest BCUT2D eigenvalue weighted by molar-refractivity contribution is -0.141. The number of nitrogens with zero attached hydrogens (tertiary/aromatic N) is 1. The zero-order chi connectivity index (χ0) is 16.9. The van der Waals surface area contributed by atoms with Gasteiger partial charge in [0.15, 0.2) is 0 Å². The third kappa shape index (κ3) is 10.3. The number of aromatic nitrogens is 1. The van der Waals surface area contributed by atoms with Gasteiger partial charge >= 0.3 is 5.97 Å². The average Bonchev–Trinajstić information content (AvgIpc) is 2.53. The van der Waals surface area contributed by atoms with Crippen LogP contribution in [0.3, 0.4) is 0 Å². The molecule has 0 spiro atoms. The average molecular weight is 468 g/mol. The van der Waals surface area contributed by atoms with Crippen molar-refractivity contribution in [2.45, 2.75) is 30.5 Å². The largest absolute Gasteiger partial charge is 0.463 e. The van der Waals surface area contributed by atoms with E-state index in [1.165, 1.54) is 17.3 Å². The second-order valence-corrected chi connectivity index (χ2v) is 8.88. The van der Waals surface area contributed by atoms with Gasteiger partial charge in [0.2, 0.25) is 9.04 Å². The Kier molecular flexibility index (Phi) is 12.0. The Balaban J connectivity index is 2.13. The number of rotatable bonds is 12. The van der Waals surface area contributed by atoms with Gasteiger partial charge in [-0.2, -0.15) is 0 Å². The van der Waals surface area contributed by atoms with E-state index < -0.39 is 9.04 Å². The van der Waals surface area contributed by atoms with Crippen LogP contribution in [0.2, 0.25) is 12.6 Å². The van der Waals surface area contributed by atoms with Crippen molar-refractivity contribution in [2.24, 2.45) is 0 Å². The minimum absolute atomic E-state index is 0.251. The Morgan fingerprint density at radius 2 is 2.26 bits per heavy atom. The van der Waals surface area contributed by atoms with Crippen LogP contribution >= 0.6 is 34.4 Å². The highest BCUT2D eigenvalue weighted by molar-refractivity contribution is 14.1. The van der Waals surface area contributed by atoms with Crippen LogP contribution in [0.15, 0.2) is 23.4 Å². The van der Waals surface area contributed by atoms with Gasteiger partial charge in [0, 0.05) is 17.2 Å². The maximum Gasteiger partial charge on any atom is 0.316 e. The second kappa shape index (κ2) is 13.2. The molecule has 23 heavy (non-hydrogen) atoms. The number of thioether (sulfide) groups is 1. The van der Waals surface area contributed by atoms with Gasteiger partial charge in [-0.1, -0.05) is 40.4 Å². The molecule has 0 fully saturated rings. The number of carbonyl (C=O) groups excluding carboxylic acids is 1. The minimum atomic E-state index is -1.16. The van der Waals surface area contributed by atoms with Gasteiger partial charge in [0.1, 0.15) is 6.61 Å². The monoisotopic (exact) mass is 468 g/mol. The zero-order valence-electron chi connectivity index (χ0n) is 13.3. The van der Waals surface area contributed by atoms with Crippen LogP contribution in [0, 0.1) is 0 Å². The van der Waals surface area contributed by atoms with Crippen LogP contribution in [0.5, 0.6) is 0 Å². The van der Waals surface area contributed by atoms with Crippen molar-refractivity contribution < 1.29 is 19.1 Å². The molecule has 0 aliphatic carbocycles. The number of hydrogen-bond donors (Lipinski definition) is 1. The van der Waals surface area contributed by atoms with Crippen molar-refractivity contribution in [3.05, 3.63) is 23.9 Å². The Hall–Kier alpha value is -0.163. The first kappa shape index (κ1) is 20.9. The number of ether oxygens (including phenoxy) is 2. The second-order valence-electron chi connectivity index (χ2n) is 4.87. The van der Waals surface area contributed by atoms with Crippen molar-refractivity contribution in [1.82, 2.24) is 4.98 Å². The lowest BCUT2D eigenvalue weighted by Gasteiger charge is -2.08. The van der Waals surface area contributed by atoms with Gasteiger partial charge < -0.3 is 14.3 Å². The van der Waals surface area contributed by atoms with E-state index in [0.717, 1.165) is 28.3 Å². The van der Waals surface area contributed by atoms with Gasteiger partial charge in [-0.3, -0.25) is 4.79 Å². The van der Waals surface area contributed by atoms with Gasteiger partial charge in [0.05, 0.1) is 17.4 Å². The summed E-state index contributed by atoms with van der Waals surface area (Å²) in [6.45, 7) is 3.13. The molecule has 0 unspecified atom stereocenters. The van der Waals surface area contributed by atoms with E-state index in [-0.39, 0.29) is 18.3 Å². The molecule has 1 N–H and O–H groups in total. The number of pyridine rings is 1. The highest BCUT2D eigenvalue weighted by Crippen LogP contribution is 2.20. The first-order valence-corrected chi connectivity index (χ1v) is 12.2. The molecule has 1 aromatic rings. The minimum Gasteiger partial charge on any atom is -0.463 e. The summed E-state index contributed by atoms with van der Waals surface area (Å²) in [7, 11) is -1.16. The molecule has 0 bridgehead atoms. The van der Waals surface area contributed by atoms with Gasteiger partial charge in [0.25, 0.3) is 0 Å². The summed E-state index contributed by atoms with van der Waals surface area (Å²) in [5.74, 6) is 0.0105. The fraction of sp³-hybridized carbons (Fsp3) is 0.600. The van der Waals surface area contributed by atoms with E-state index in [2.05, 4.69) is 27.6 Å². The predicted octanol–water partition coefficient (Wildman–Crippen LogP) is 2.71. The lowest BCUT2D eigenvalue weighted by atomic mass is 10.2. The Labute approximate surface area is 157 Å². The van der Waals surface area contributed by atoms with Crippen molar-refractivity contribution in [3.8, 4) is 0 Å². The SMILES string of the molecule is C[Si](O)CCCOCCOC(=O)CSc1ncccc1CCI. The number of halogens is 1. The molecule has 0 saturated carbocycles. The van der Waals surface area contributed by atoms with Crippen LogP contribution in [0.25, 0.3) is 0 Å². The predicted molar refractivity (Wildman–Crippen MR) is 103 cm³/mol. The van der Waals surface area contributed by atoms with Crippen LogP contribution < -0.4 is 0 Å². The van der Waals surface area contributed by atoms with Crippen molar-refractivity contribution >= 4 is 49.4 Å². The molecule has 1 rings (SSSR count). The van der Waals surface area contributed by atoms with E-state index in [9.17, 15) is 9.59 Å². The van der Waals surface area contributed by atoms with E-state index in [1.54, 1.807) is 6.20 Å². The molecule has 0 saturated heterocycles. The molecule has 1 aromatic heterocycles. The third-order valence-electron chi connectivity index (χ3n) is 2.86. The molecule has 0 atom stereocenters. The summed E-state index contributed by atoms with van der Waals surface area (Å²) < 4.78 is 11.5. The number of carbonyl (C=O) groups is 1. The van der Waals surface area contributed by atoms with E-state index in [4.69, 9.17) is 9.47 Å². The molecular formula is C15H23INO4SSi. The summed E-state index contributed by atoms with van der Waals surface area (Å²) in [5.41, 5.74) is 1.17. The number of hydrogen-bond acceptors (Lipinski definition) is 6. The standard InChI is InChI=1S/C15H23INO4SSi/c1-23(19)11-3-8-20-9-10-21-14(18)12-22-15-13(5-6-16)4-2-7-17-15/h2,4,7,19H,3,5-6,8-12H2,1H3. The van der Waals surface area contributed by atoms with Gasteiger partial charge in [-0.05, 0) is 37.1 Å². The summed E-state index contributed by atoms with van der Waals surface area (Å²) in [5, 5.41) is 0.901. The molecule has 0 aliphatic heterocycles. The summed E-state index contributed by atoms with van der Waals surface area (Å²) in [6, 6.07) is 4.79. The zero-order valence-corrected chi connectivity index (χ0v) is 17.3. The van der Waals surface area contributed by atoms with E-state index in [1.807, 2.05) is 18.7 Å². The van der Waals surface area contributed by atoms with Crippen LogP contribution in [0.1, 0.15) is 12.0 Å². The van der Waals surface area contributed by atoms with Crippen molar-refractivity contribution in [2.75, 3.05) is 30.0 Å². The topological polar surface area (TPSA) is 68.7 Å². The molecule has 5 nitrogen and oxygen atoms in total. The van der Waals surface area contributed by atoms with Crippen molar-refractivity contribution in [1.29, 1.82) is 0 Å². The number of alkyl halides is 1.